The Morgan fingerprint density at radius 3 is 2.48 bits per heavy atom. The molecule has 1 aromatic heterocycles. The standard InChI is InChI=1S/C22H21N3O3S/c1-14-7-9-19(10-8-14)25-21(27)12-11-20(24-25)29-16(3)22(28)23-18-6-4-5-17(13-18)15(2)26/h4-13,16H,1-3H3,(H,23,28). The molecule has 0 aliphatic heterocycles. The normalized spacial score (nSPS) is 11.7. The summed E-state index contributed by atoms with van der Waals surface area (Å²) in [5, 5.41) is 7.30. The number of rotatable bonds is 6. The van der Waals surface area contributed by atoms with Gasteiger partial charge in [0, 0.05) is 17.3 Å². The molecule has 2 aromatic carbocycles. The summed E-state index contributed by atoms with van der Waals surface area (Å²) in [6.07, 6.45) is 0. The lowest BCUT2D eigenvalue weighted by molar-refractivity contribution is -0.115. The zero-order valence-electron chi connectivity index (χ0n) is 16.4. The maximum atomic E-state index is 12.5. The summed E-state index contributed by atoms with van der Waals surface area (Å²) < 4.78 is 1.32. The van der Waals surface area contributed by atoms with Crippen LogP contribution in [0.2, 0.25) is 0 Å². The van der Waals surface area contributed by atoms with Crippen LogP contribution in [0.4, 0.5) is 5.69 Å². The Morgan fingerprint density at radius 2 is 1.79 bits per heavy atom. The molecule has 0 aliphatic carbocycles. The van der Waals surface area contributed by atoms with Gasteiger partial charge in [0.05, 0.1) is 10.9 Å². The summed E-state index contributed by atoms with van der Waals surface area (Å²) in [6.45, 7) is 5.21. The average molecular weight is 407 g/mol. The minimum Gasteiger partial charge on any atom is -0.325 e. The topological polar surface area (TPSA) is 81.1 Å². The van der Waals surface area contributed by atoms with Crippen LogP contribution in [-0.4, -0.2) is 26.7 Å². The minimum atomic E-state index is -0.451. The van der Waals surface area contributed by atoms with Gasteiger partial charge in [0.1, 0.15) is 5.03 Å². The Bertz CT molecular complexity index is 1110. The Balaban J connectivity index is 1.74. The van der Waals surface area contributed by atoms with Crippen molar-refractivity contribution >= 4 is 29.1 Å². The van der Waals surface area contributed by atoms with Gasteiger partial charge in [-0.2, -0.15) is 9.78 Å². The summed E-state index contributed by atoms with van der Waals surface area (Å²) in [5.74, 6) is -0.281. The maximum absolute atomic E-state index is 12.5. The molecule has 1 N–H and O–H groups in total. The second-order valence-corrected chi connectivity index (χ2v) is 8.00. The predicted molar refractivity (Wildman–Crippen MR) is 115 cm³/mol. The van der Waals surface area contributed by atoms with E-state index >= 15 is 0 Å². The van der Waals surface area contributed by atoms with Crippen LogP contribution in [0, 0.1) is 6.92 Å². The molecule has 1 heterocycles. The minimum absolute atomic E-state index is 0.0638. The molecule has 148 valence electrons. The van der Waals surface area contributed by atoms with E-state index in [1.807, 2.05) is 31.2 Å². The van der Waals surface area contributed by atoms with Crippen molar-refractivity contribution in [3.05, 3.63) is 82.1 Å². The zero-order valence-corrected chi connectivity index (χ0v) is 17.2. The van der Waals surface area contributed by atoms with Crippen molar-refractivity contribution in [1.29, 1.82) is 0 Å². The van der Waals surface area contributed by atoms with Crippen LogP contribution in [-0.2, 0) is 4.79 Å². The third-order valence-corrected chi connectivity index (χ3v) is 5.28. The SMILES string of the molecule is CC(=O)c1cccc(NC(=O)C(C)Sc2ccc(=O)n(-c3ccc(C)cc3)n2)c1. The Kier molecular flexibility index (Phi) is 6.29. The molecular formula is C22H21N3O3S. The fourth-order valence-corrected chi connectivity index (χ4v) is 3.43. The number of hydrogen-bond donors (Lipinski definition) is 1. The van der Waals surface area contributed by atoms with Gasteiger partial charge in [0.2, 0.25) is 5.91 Å². The van der Waals surface area contributed by atoms with Gasteiger partial charge in [-0.15, -0.1) is 0 Å². The van der Waals surface area contributed by atoms with E-state index in [4.69, 9.17) is 0 Å². The number of thioether (sulfide) groups is 1. The first-order valence-electron chi connectivity index (χ1n) is 9.09. The Labute approximate surface area is 173 Å². The third-order valence-electron chi connectivity index (χ3n) is 4.26. The summed E-state index contributed by atoms with van der Waals surface area (Å²) >= 11 is 1.25. The molecule has 0 saturated carbocycles. The molecule has 1 amide bonds. The number of hydrogen-bond acceptors (Lipinski definition) is 5. The third kappa shape index (κ3) is 5.20. The van der Waals surface area contributed by atoms with Crippen LogP contribution in [0.3, 0.4) is 0 Å². The first-order chi connectivity index (χ1) is 13.8. The first kappa shape index (κ1) is 20.5. The van der Waals surface area contributed by atoms with Gasteiger partial charge in [-0.3, -0.25) is 14.4 Å². The number of nitrogens with zero attached hydrogens (tertiary/aromatic N) is 2. The molecule has 0 fully saturated rings. The number of anilines is 1. The van der Waals surface area contributed by atoms with E-state index < -0.39 is 5.25 Å². The smallest absolute Gasteiger partial charge is 0.271 e. The van der Waals surface area contributed by atoms with E-state index in [0.717, 1.165) is 5.56 Å². The number of carbonyl (C=O) groups excluding carboxylic acids is 2. The number of benzene rings is 2. The first-order valence-corrected chi connectivity index (χ1v) is 9.97. The summed E-state index contributed by atoms with van der Waals surface area (Å²) in [4.78, 5) is 36.2. The number of Topliss-reactive ketones (excluding diaryl/α,β-unsaturated/α-hetero) is 1. The molecule has 7 heteroatoms. The van der Waals surface area contributed by atoms with Gasteiger partial charge in [-0.25, -0.2) is 0 Å². The fourth-order valence-electron chi connectivity index (χ4n) is 2.62. The van der Waals surface area contributed by atoms with Crippen molar-refractivity contribution in [3.63, 3.8) is 0 Å². The lowest BCUT2D eigenvalue weighted by atomic mass is 10.1. The van der Waals surface area contributed by atoms with Gasteiger partial charge in [-0.1, -0.05) is 41.6 Å². The van der Waals surface area contributed by atoms with Crippen molar-refractivity contribution < 1.29 is 9.59 Å². The van der Waals surface area contributed by atoms with Crippen LogP contribution in [0.1, 0.15) is 29.8 Å². The molecule has 0 saturated heterocycles. The number of ketones is 1. The number of carbonyl (C=O) groups is 2. The van der Waals surface area contributed by atoms with Crippen LogP contribution in [0.15, 0.2) is 70.5 Å². The summed E-state index contributed by atoms with van der Waals surface area (Å²) in [7, 11) is 0. The molecule has 3 rings (SSSR count). The van der Waals surface area contributed by atoms with Crippen LogP contribution in [0.25, 0.3) is 5.69 Å². The molecule has 0 spiro atoms. The van der Waals surface area contributed by atoms with E-state index in [9.17, 15) is 14.4 Å². The molecule has 0 bridgehead atoms. The van der Waals surface area contributed by atoms with Gasteiger partial charge >= 0.3 is 0 Å². The highest BCUT2D eigenvalue weighted by molar-refractivity contribution is 8.00. The molecule has 3 aromatic rings. The predicted octanol–water partition coefficient (Wildman–Crippen LogP) is 3.86. The van der Waals surface area contributed by atoms with E-state index in [2.05, 4.69) is 10.4 Å². The number of amides is 1. The quantitative estimate of drug-likeness (QED) is 0.496. The van der Waals surface area contributed by atoms with Crippen LogP contribution < -0.4 is 10.9 Å². The van der Waals surface area contributed by atoms with Crippen molar-refractivity contribution in [2.75, 3.05) is 5.32 Å². The fraction of sp³-hybridized carbons (Fsp3) is 0.182. The second kappa shape index (κ2) is 8.87. The maximum Gasteiger partial charge on any atom is 0.271 e. The van der Waals surface area contributed by atoms with E-state index in [1.165, 1.54) is 29.4 Å². The molecule has 6 nitrogen and oxygen atoms in total. The highest BCUT2D eigenvalue weighted by Crippen LogP contribution is 2.22. The van der Waals surface area contributed by atoms with Gasteiger partial charge in [-0.05, 0) is 51.1 Å². The molecular weight excluding hydrogens is 386 g/mol. The van der Waals surface area contributed by atoms with Gasteiger partial charge in [0.15, 0.2) is 5.78 Å². The van der Waals surface area contributed by atoms with E-state index in [0.29, 0.717) is 22.0 Å². The number of aromatic nitrogens is 2. The largest absolute Gasteiger partial charge is 0.325 e. The van der Waals surface area contributed by atoms with Crippen molar-refractivity contribution in [2.24, 2.45) is 0 Å². The average Bonchev–Trinajstić information content (AvgIpc) is 2.70. The lowest BCUT2D eigenvalue weighted by Crippen LogP contribution is -2.24. The molecule has 0 aliphatic rings. The van der Waals surface area contributed by atoms with E-state index in [-0.39, 0.29) is 17.2 Å². The molecule has 1 atom stereocenters. The monoisotopic (exact) mass is 407 g/mol. The summed E-state index contributed by atoms with van der Waals surface area (Å²) in [5.41, 5.74) is 2.62. The van der Waals surface area contributed by atoms with Crippen LogP contribution in [0.5, 0.6) is 0 Å². The lowest BCUT2D eigenvalue weighted by Gasteiger charge is -2.13. The molecule has 1 unspecified atom stereocenters. The van der Waals surface area contributed by atoms with Crippen molar-refractivity contribution in [1.82, 2.24) is 9.78 Å². The highest BCUT2D eigenvalue weighted by atomic mass is 32.2. The Morgan fingerprint density at radius 1 is 1.07 bits per heavy atom. The summed E-state index contributed by atoms with van der Waals surface area (Å²) in [6, 6.07) is 17.3. The highest BCUT2D eigenvalue weighted by Gasteiger charge is 2.17. The number of nitrogens with one attached hydrogen (secondary N) is 1. The molecule has 0 radical (unpaired) electrons. The zero-order chi connectivity index (χ0) is 21.0. The Hall–Kier alpha value is -3.19. The van der Waals surface area contributed by atoms with Gasteiger partial charge in [0.25, 0.3) is 5.56 Å². The molecule has 29 heavy (non-hydrogen) atoms. The van der Waals surface area contributed by atoms with Crippen molar-refractivity contribution in [2.45, 2.75) is 31.0 Å². The van der Waals surface area contributed by atoms with E-state index in [1.54, 1.807) is 37.3 Å². The second-order valence-electron chi connectivity index (χ2n) is 6.64. The van der Waals surface area contributed by atoms with Crippen LogP contribution >= 0.6 is 11.8 Å². The van der Waals surface area contributed by atoms with Crippen molar-refractivity contribution in [3.8, 4) is 5.69 Å². The number of aryl methyl sites for hydroxylation is 1. The van der Waals surface area contributed by atoms with Gasteiger partial charge < -0.3 is 5.32 Å².